The molecule has 3 rings (SSSR count). The molecule has 1 aromatic carbocycles. The van der Waals surface area contributed by atoms with Crippen LogP contribution < -0.4 is 4.90 Å². The van der Waals surface area contributed by atoms with Gasteiger partial charge in [0.1, 0.15) is 5.76 Å². The van der Waals surface area contributed by atoms with Crippen LogP contribution in [0.3, 0.4) is 0 Å². The van der Waals surface area contributed by atoms with Gasteiger partial charge in [0.25, 0.3) is 5.69 Å². The number of nitrogens with zero attached hydrogens (tertiary/aromatic N) is 3. The average Bonchev–Trinajstić information content (AvgIpc) is 3.03. The van der Waals surface area contributed by atoms with Crippen molar-refractivity contribution < 1.29 is 9.34 Å². The van der Waals surface area contributed by atoms with Crippen LogP contribution in [0.1, 0.15) is 5.76 Å². The van der Waals surface area contributed by atoms with E-state index in [2.05, 4.69) is 20.9 Å². The van der Waals surface area contributed by atoms with Crippen molar-refractivity contribution in [3.05, 3.63) is 50.9 Å². The summed E-state index contributed by atoms with van der Waals surface area (Å²) in [4.78, 5) is 16.8. The zero-order chi connectivity index (χ0) is 15.0. The molecule has 0 amide bonds. The first kappa shape index (κ1) is 14.0. The minimum absolute atomic E-state index is 0.0790. The topological polar surface area (TPSA) is 72.4 Å². The van der Waals surface area contributed by atoms with Crippen LogP contribution in [0.25, 0.3) is 10.2 Å². The van der Waals surface area contributed by atoms with Gasteiger partial charge in [-0.05, 0) is 34.1 Å². The van der Waals surface area contributed by atoms with Gasteiger partial charge in [-0.3, -0.25) is 10.1 Å². The summed E-state index contributed by atoms with van der Waals surface area (Å²) in [6.45, 7) is 0.577. The van der Waals surface area contributed by atoms with Crippen molar-refractivity contribution >= 4 is 48.3 Å². The number of nitro groups is 1. The van der Waals surface area contributed by atoms with E-state index in [4.69, 9.17) is 4.42 Å². The molecule has 0 aliphatic carbocycles. The molecule has 0 radical (unpaired) electrons. The molecule has 0 atom stereocenters. The molecule has 2 heterocycles. The van der Waals surface area contributed by atoms with Crippen molar-refractivity contribution in [2.75, 3.05) is 11.9 Å². The van der Waals surface area contributed by atoms with E-state index in [1.807, 2.05) is 24.1 Å². The van der Waals surface area contributed by atoms with Gasteiger partial charge >= 0.3 is 0 Å². The van der Waals surface area contributed by atoms with Crippen molar-refractivity contribution in [3.63, 3.8) is 0 Å². The molecule has 0 aliphatic rings. The Morgan fingerprint density at radius 1 is 1.43 bits per heavy atom. The molecular formula is C13H10BrN3O3S. The van der Waals surface area contributed by atoms with Crippen molar-refractivity contribution in [2.24, 2.45) is 0 Å². The van der Waals surface area contributed by atoms with Gasteiger partial charge in [0.05, 0.1) is 21.7 Å². The minimum atomic E-state index is -0.400. The lowest BCUT2D eigenvalue weighted by molar-refractivity contribution is -0.384. The van der Waals surface area contributed by atoms with Crippen molar-refractivity contribution in [3.8, 4) is 0 Å². The van der Waals surface area contributed by atoms with Crippen LogP contribution in [0.2, 0.25) is 0 Å². The normalized spacial score (nSPS) is 11.0. The molecule has 0 N–H and O–H groups in total. The zero-order valence-electron chi connectivity index (χ0n) is 10.9. The summed E-state index contributed by atoms with van der Waals surface area (Å²) in [5.41, 5.74) is 0.836. The first-order chi connectivity index (χ1) is 10.0. The summed E-state index contributed by atoms with van der Waals surface area (Å²) in [6, 6.07) is 8.41. The third-order valence-corrected chi connectivity index (χ3v) is 4.48. The number of furan rings is 1. The molecule has 21 heavy (non-hydrogen) atoms. The van der Waals surface area contributed by atoms with E-state index >= 15 is 0 Å². The number of hydrogen-bond acceptors (Lipinski definition) is 6. The predicted octanol–water partition coefficient (Wildman–Crippen LogP) is 4.20. The molecule has 0 unspecified atom stereocenters. The molecule has 0 saturated heterocycles. The SMILES string of the molecule is CN(Cc1ccc(Br)o1)c1nc2ccc([N+](=O)[O-])cc2s1. The number of anilines is 1. The molecule has 3 aromatic rings. The third kappa shape index (κ3) is 2.91. The number of rotatable bonds is 4. The monoisotopic (exact) mass is 367 g/mol. The lowest BCUT2D eigenvalue weighted by Crippen LogP contribution is -2.15. The summed E-state index contributed by atoms with van der Waals surface area (Å²) in [5, 5.41) is 11.6. The van der Waals surface area contributed by atoms with E-state index in [9.17, 15) is 10.1 Å². The summed E-state index contributed by atoms with van der Waals surface area (Å²) in [6.07, 6.45) is 0. The largest absolute Gasteiger partial charge is 0.452 e. The minimum Gasteiger partial charge on any atom is -0.452 e. The summed E-state index contributed by atoms with van der Waals surface area (Å²) in [5.74, 6) is 0.814. The maximum Gasteiger partial charge on any atom is 0.270 e. The Bertz CT molecular complexity index is 814. The second kappa shape index (κ2) is 5.45. The van der Waals surface area contributed by atoms with E-state index in [0.29, 0.717) is 11.2 Å². The van der Waals surface area contributed by atoms with Gasteiger partial charge in [-0.15, -0.1) is 0 Å². The van der Waals surface area contributed by atoms with Gasteiger partial charge in [-0.25, -0.2) is 4.98 Å². The lowest BCUT2D eigenvalue weighted by Gasteiger charge is -2.13. The standard InChI is InChI=1S/C13H10BrN3O3S/c1-16(7-9-3-5-12(14)20-9)13-15-10-4-2-8(17(18)19)6-11(10)21-13/h2-6H,7H2,1H3. The fourth-order valence-electron chi connectivity index (χ4n) is 1.92. The number of halogens is 1. The van der Waals surface area contributed by atoms with Crippen LogP contribution in [0.4, 0.5) is 10.8 Å². The van der Waals surface area contributed by atoms with Gasteiger partial charge in [0.2, 0.25) is 0 Å². The smallest absolute Gasteiger partial charge is 0.270 e. The van der Waals surface area contributed by atoms with E-state index in [1.54, 1.807) is 12.1 Å². The Hall–Kier alpha value is -1.93. The van der Waals surface area contributed by atoms with Gasteiger partial charge in [0.15, 0.2) is 9.80 Å². The number of hydrogen-bond donors (Lipinski definition) is 0. The summed E-state index contributed by atoms with van der Waals surface area (Å²) in [7, 11) is 1.91. The fourth-order valence-corrected chi connectivity index (χ4v) is 3.22. The highest BCUT2D eigenvalue weighted by atomic mass is 79.9. The lowest BCUT2D eigenvalue weighted by atomic mass is 10.3. The number of non-ortho nitro benzene ring substituents is 1. The van der Waals surface area contributed by atoms with Crippen LogP contribution in [-0.2, 0) is 6.54 Å². The Morgan fingerprint density at radius 3 is 2.90 bits per heavy atom. The van der Waals surface area contributed by atoms with Crippen LogP contribution in [0.5, 0.6) is 0 Å². The van der Waals surface area contributed by atoms with Crippen molar-refractivity contribution in [2.45, 2.75) is 6.54 Å². The fraction of sp³-hybridized carbons (Fsp3) is 0.154. The number of nitro benzene ring substituents is 1. The molecule has 0 saturated carbocycles. The molecule has 6 nitrogen and oxygen atoms in total. The average molecular weight is 368 g/mol. The molecule has 0 spiro atoms. The summed E-state index contributed by atoms with van der Waals surface area (Å²) < 4.78 is 6.95. The highest BCUT2D eigenvalue weighted by Crippen LogP contribution is 2.31. The zero-order valence-corrected chi connectivity index (χ0v) is 13.3. The van der Waals surface area contributed by atoms with E-state index < -0.39 is 4.92 Å². The summed E-state index contributed by atoms with van der Waals surface area (Å²) >= 11 is 4.69. The van der Waals surface area contributed by atoms with Crippen LogP contribution in [0, 0.1) is 10.1 Å². The van der Waals surface area contributed by atoms with E-state index in [-0.39, 0.29) is 5.69 Å². The van der Waals surface area contributed by atoms with Crippen LogP contribution >= 0.6 is 27.3 Å². The van der Waals surface area contributed by atoms with Gasteiger partial charge < -0.3 is 9.32 Å². The molecule has 0 bridgehead atoms. The second-order valence-electron chi connectivity index (χ2n) is 4.47. The molecule has 8 heteroatoms. The number of aromatic nitrogens is 1. The first-order valence-electron chi connectivity index (χ1n) is 6.03. The number of fused-ring (bicyclic) bond motifs is 1. The Kier molecular flexibility index (Phi) is 3.64. The predicted molar refractivity (Wildman–Crippen MR) is 84.8 cm³/mol. The molecule has 108 valence electrons. The molecular weight excluding hydrogens is 358 g/mol. The Balaban J connectivity index is 1.87. The number of benzene rings is 1. The third-order valence-electron chi connectivity index (χ3n) is 2.92. The van der Waals surface area contributed by atoms with Gasteiger partial charge in [-0.1, -0.05) is 11.3 Å². The first-order valence-corrected chi connectivity index (χ1v) is 7.64. The van der Waals surface area contributed by atoms with Gasteiger partial charge in [0, 0.05) is 19.2 Å². The van der Waals surface area contributed by atoms with Crippen LogP contribution in [-0.4, -0.2) is 17.0 Å². The van der Waals surface area contributed by atoms with Gasteiger partial charge in [-0.2, -0.15) is 0 Å². The maximum atomic E-state index is 10.8. The number of thiazole rings is 1. The molecule has 0 aliphatic heterocycles. The quantitative estimate of drug-likeness (QED) is 0.510. The molecule has 2 aromatic heterocycles. The van der Waals surface area contributed by atoms with E-state index in [1.165, 1.54) is 17.4 Å². The Labute approximate surface area is 132 Å². The Morgan fingerprint density at radius 2 is 2.24 bits per heavy atom. The second-order valence-corrected chi connectivity index (χ2v) is 6.26. The van der Waals surface area contributed by atoms with Crippen molar-refractivity contribution in [1.82, 2.24) is 4.98 Å². The van der Waals surface area contributed by atoms with E-state index in [0.717, 1.165) is 21.1 Å². The maximum absolute atomic E-state index is 10.8. The highest BCUT2D eigenvalue weighted by molar-refractivity contribution is 9.10. The van der Waals surface area contributed by atoms with Crippen molar-refractivity contribution in [1.29, 1.82) is 0 Å². The highest BCUT2D eigenvalue weighted by Gasteiger charge is 2.13. The molecule has 0 fully saturated rings. The van der Waals surface area contributed by atoms with Crippen LogP contribution in [0.15, 0.2) is 39.4 Å².